The van der Waals surface area contributed by atoms with Gasteiger partial charge in [-0.3, -0.25) is 0 Å². The molecule has 88 valence electrons. The zero-order chi connectivity index (χ0) is 11.1. The van der Waals surface area contributed by atoms with Gasteiger partial charge in [0.2, 0.25) is 0 Å². The number of hydrogen-bond donors (Lipinski definition) is 0. The molecule has 0 spiro atoms. The summed E-state index contributed by atoms with van der Waals surface area (Å²) in [5.41, 5.74) is 0. The molecule has 0 N–H and O–H groups in total. The SMILES string of the molecule is CCCCCCC1COB(C(C)C)OC1. The van der Waals surface area contributed by atoms with Gasteiger partial charge in [0.1, 0.15) is 0 Å². The molecule has 2 nitrogen and oxygen atoms in total. The molecular formula is C12H25BO2. The highest BCUT2D eigenvalue weighted by Crippen LogP contribution is 2.21. The lowest BCUT2D eigenvalue weighted by Gasteiger charge is -2.29. The van der Waals surface area contributed by atoms with Gasteiger partial charge < -0.3 is 9.31 Å². The van der Waals surface area contributed by atoms with Gasteiger partial charge in [-0.15, -0.1) is 0 Å². The van der Waals surface area contributed by atoms with E-state index in [4.69, 9.17) is 9.31 Å². The molecule has 1 heterocycles. The van der Waals surface area contributed by atoms with E-state index in [1.54, 1.807) is 0 Å². The normalized spacial score (nSPS) is 18.8. The minimum absolute atomic E-state index is 0.0388. The summed E-state index contributed by atoms with van der Waals surface area (Å²) < 4.78 is 11.4. The van der Waals surface area contributed by atoms with Crippen LogP contribution in [0.2, 0.25) is 5.82 Å². The molecular weight excluding hydrogens is 187 g/mol. The quantitative estimate of drug-likeness (QED) is 0.495. The molecule has 15 heavy (non-hydrogen) atoms. The lowest BCUT2D eigenvalue weighted by Crippen LogP contribution is -2.37. The highest BCUT2D eigenvalue weighted by atomic mass is 16.6. The summed E-state index contributed by atoms with van der Waals surface area (Å²) in [5.74, 6) is 1.11. The maximum atomic E-state index is 5.69. The van der Waals surface area contributed by atoms with Gasteiger partial charge in [-0.05, 0) is 12.2 Å². The third kappa shape index (κ3) is 5.03. The Kier molecular flexibility index (Phi) is 6.34. The first-order valence-corrected chi connectivity index (χ1v) is 6.47. The van der Waals surface area contributed by atoms with Crippen molar-refractivity contribution in [3.05, 3.63) is 0 Å². The zero-order valence-electron chi connectivity index (χ0n) is 10.5. The standard InChI is InChI=1S/C12H25BO2/c1-4-5-6-7-8-12-9-14-13(11(2)3)15-10-12/h11-12H,4-10H2,1-3H3. The van der Waals surface area contributed by atoms with Crippen LogP contribution >= 0.6 is 0 Å². The monoisotopic (exact) mass is 212 g/mol. The summed E-state index contributed by atoms with van der Waals surface area (Å²) in [5, 5.41) is 0. The van der Waals surface area contributed by atoms with Crippen molar-refractivity contribution in [3.63, 3.8) is 0 Å². The van der Waals surface area contributed by atoms with Crippen molar-refractivity contribution >= 4 is 7.12 Å². The maximum Gasteiger partial charge on any atom is 0.459 e. The second-order valence-electron chi connectivity index (χ2n) is 4.99. The Hall–Kier alpha value is -0.0151. The van der Waals surface area contributed by atoms with Crippen LogP contribution < -0.4 is 0 Å². The van der Waals surface area contributed by atoms with Crippen molar-refractivity contribution in [2.45, 2.75) is 58.7 Å². The van der Waals surface area contributed by atoms with Crippen molar-refractivity contribution in [1.82, 2.24) is 0 Å². The Morgan fingerprint density at radius 2 is 1.80 bits per heavy atom. The Morgan fingerprint density at radius 3 is 2.33 bits per heavy atom. The maximum absolute atomic E-state index is 5.69. The summed E-state index contributed by atoms with van der Waals surface area (Å²) in [6.45, 7) is 8.34. The summed E-state index contributed by atoms with van der Waals surface area (Å²) in [7, 11) is 0.0388. The number of hydrogen-bond acceptors (Lipinski definition) is 2. The fourth-order valence-electron chi connectivity index (χ4n) is 1.97. The van der Waals surface area contributed by atoms with E-state index in [9.17, 15) is 0 Å². The van der Waals surface area contributed by atoms with Gasteiger partial charge in [0, 0.05) is 19.1 Å². The molecule has 0 aromatic carbocycles. The first-order chi connectivity index (χ1) is 7.24. The van der Waals surface area contributed by atoms with Crippen LogP contribution in [-0.2, 0) is 9.31 Å². The zero-order valence-corrected chi connectivity index (χ0v) is 10.5. The topological polar surface area (TPSA) is 18.5 Å². The molecule has 1 aliphatic heterocycles. The predicted octanol–water partition coefficient (Wildman–Crippen LogP) is 3.52. The second kappa shape index (κ2) is 7.29. The molecule has 0 radical (unpaired) electrons. The third-order valence-electron chi connectivity index (χ3n) is 3.00. The first-order valence-electron chi connectivity index (χ1n) is 6.47. The molecule has 1 saturated heterocycles. The molecule has 0 amide bonds. The van der Waals surface area contributed by atoms with Gasteiger partial charge in [0.15, 0.2) is 0 Å². The van der Waals surface area contributed by atoms with Gasteiger partial charge in [0.25, 0.3) is 0 Å². The summed E-state index contributed by atoms with van der Waals surface area (Å²) in [6.07, 6.45) is 6.64. The molecule has 3 heteroatoms. The fourth-order valence-corrected chi connectivity index (χ4v) is 1.97. The lowest BCUT2D eigenvalue weighted by molar-refractivity contribution is 0.0701. The van der Waals surface area contributed by atoms with Gasteiger partial charge in [-0.2, -0.15) is 0 Å². The van der Waals surface area contributed by atoms with Crippen LogP contribution in [0.25, 0.3) is 0 Å². The Morgan fingerprint density at radius 1 is 1.13 bits per heavy atom. The minimum atomic E-state index is 0.0388. The second-order valence-corrected chi connectivity index (χ2v) is 4.99. The third-order valence-corrected chi connectivity index (χ3v) is 3.00. The van der Waals surface area contributed by atoms with Crippen molar-refractivity contribution in [2.75, 3.05) is 13.2 Å². The van der Waals surface area contributed by atoms with E-state index in [0.717, 1.165) is 13.2 Å². The summed E-state index contributed by atoms with van der Waals surface area (Å²) >= 11 is 0. The Bertz CT molecular complexity index is 154. The van der Waals surface area contributed by atoms with Crippen LogP contribution in [0.1, 0.15) is 52.9 Å². The highest BCUT2D eigenvalue weighted by Gasteiger charge is 2.29. The van der Waals surface area contributed by atoms with Gasteiger partial charge in [0.05, 0.1) is 0 Å². The average molecular weight is 212 g/mol. The molecule has 0 aromatic rings. The smallest absolute Gasteiger partial charge is 0.411 e. The largest absolute Gasteiger partial charge is 0.459 e. The first kappa shape index (κ1) is 13.1. The van der Waals surface area contributed by atoms with Crippen LogP contribution in [0, 0.1) is 5.92 Å². The van der Waals surface area contributed by atoms with Crippen molar-refractivity contribution in [1.29, 1.82) is 0 Å². The molecule has 0 saturated carbocycles. The van der Waals surface area contributed by atoms with Crippen LogP contribution in [0.3, 0.4) is 0 Å². The van der Waals surface area contributed by atoms with E-state index < -0.39 is 0 Å². The number of unbranched alkanes of at least 4 members (excludes halogenated alkanes) is 3. The molecule has 0 aromatic heterocycles. The lowest BCUT2D eigenvalue weighted by atomic mass is 9.73. The van der Waals surface area contributed by atoms with Crippen LogP contribution in [0.15, 0.2) is 0 Å². The van der Waals surface area contributed by atoms with Crippen LogP contribution in [0.4, 0.5) is 0 Å². The van der Waals surface area contributed by atoms with Gasteiger partial charge in [-0.1, -0.05) is 46.5 Å². The Balaban J connectivity index is 2.04. The fraction of sp³-hybridized carbons (Fsp3) is 1.00. The van der Waals surface area contributed by atoms with E-state index in [-0.39, 0.29) is 7.12 Å². The molecule has 1 fully saturated rings. The molecule has 0 aliphatic carbocycles. The molecule has 0 unspecified atom stereocenters. The van der Waals surface area contributed by atoms with Crippen molar-refractivity contribution < 1.29 is 9.31 Å². The molecule has 0 bridgehead atoms. The van der Waals surface area contributed by atoms with E-state index in [1.165, 1.54) is 32.1 Å². The van der Waals surface area contributed by atoms with Gasteiger partial charge >= 0.3 is 7.12 Å². The van der Waals surface area contributed by atoms with Gasteiger partial charge in [-0.25, -0.2) is 0 Å². The van der Waals surface area contributed by atoms with E-state index in [2.05, 4.69) is 20.8 Å². The van der Waals surface area contributed by atoms with Crippen molar-refractivity contribution in [2.24, 2.45) is 5.92 Å². The minimum Gasteiger partial charge on any atom is -0.411 e. The van der Waals surface area contributed by atoms with Crippen LogP contribution in [-0.4, -0.2) is 20.3 Å². The summed E-state index contributed by atoms with van der Waals surface area (Å²) in [6, 6.07) is 0. The summed E-state index contributed by atoms with van der Waals surface area (Å²) in [4.78, 5) is 0. The Labute approximate surface area is 94.9 Å². The number of rotatable bonds is 6. The molecule has 1 aliphatic rings. The van der Waals surface area contributed by atoms with E-state index in [1.807, 2.05) is 0 Å². The van der Waals surface area contributed by atoms with Crippen molar-refractivity contribution in [3.8, 4) is 0 Å². The average Bonchev–Trinajstić information content (AvgIpc) is 2.25. The van der Waals surface area contributed by atoms with Crippen LogP contribution in [0.5, 0.6) is 0 Å². The molecule has 1 rings (SSSR count). The van der Waals surface area contributed by atoms with E-state index >= 15 is 0 Å². The molecule has 0 atom stereocenters. The predicted molar refractivity (Wildman–Crippen MR) is 65.0 cm³/mol. The highest BCUT2D eigenvalue weighted by molar-refractivity contribution is 6.46. The van der Waals surface area contributed by atoms with E-state index in [0.29, 0.717) is 11.7 Å².